The lowest BCUT2D eigenvalue weighted by molar-refractivity contribution is -0.163. The summed E-state index contributed by atoms with van der Waals surface area (Å²) in [6.45, 7) is 4.16. The number of aryl methyl sites for hydroxylation is 1. The van der Waals surface area contributed by atoms with Gasteiger partial charge in [-0.25, -0.2) is 9.50 Å². The lowest BCUT2D eigenvalue weighted by Crippen LogP contribution is -2.48. The number of aromatic nitrogens is 8. The summed E-state index contributed by atoms with van der Waals surface area (Å²) in [5.74, 6) is 2.21. The summed E-state index contributed by atoms with van der Waals surface area (Å²) in [5.41, 5.74) is 2.52. The zero-order valence-corrected chi connectivity index (χ0v) is 20.1. The molecule has 0 amide bonds. The van der Waals surface area contributed by atoms with Gasteiger partial charge in [-0.15, -0.1) is 0 Å². The van der Waals surface area contributed by atoms with Crippen molar-refractivity contribution in [3.8, 4) is 11.5 Å². The van der Waals surface area contributed by atoms with Gasteiger partial charge in [0.1, 0.15) is 21.7 Å². The fourth-order valence-corrected chi connectivity index (χ4v) is 5.18. The van der Waals surface area contributed by atoms with E-state index in [1.807, 2.05) is 17.7 Å². The lowest BCUT2D eigenvalue weighted by Gasteiger charge is -2.47. The van der Waals surface area contributed by atoms with E-state index in [2.05, 4.69) is 43.9 Å². The van der Waals surface area contributed by atoms with Crippen molar-refractivity contribution in [2.24, 2.45) is 7.05 Å². The maximum absolute atomic E-state index is 6.76. The van der Waals surface area contributed by atoms with E-state index in [1.165, 1.54) is 0 Å². The van der Waals surface area contributed by atoms with Gasteiger partial charge in [-0.2, -0.15) is 15.2 Å². The molecule has 7 rings (SSSR count). The minimum Gasteiger partial charge on any atom is -0.450 e. The minimum atomic E-state index is -0.397. The molecule has 178 valence electrons. The van der Waals surface area contributed by atoms with Gasteiger partial charge in [0.05, 0.1) is 36.4 Å². The molecule has 0 spiro atoms. The van der Waals surface area contributed by atoms with Gasteiger partial charge in [0.2, 0.25) is 5.95 Å². The van der Waals surface area contributed by atoms with Crippen molar-refractivity contribution in [1.29, 1.82) is 0 Å². The van der Waals surface area contributed by atoms with Crippen LogP contribution in [-0.2, 0) is 17.4 Å². The van der Waals surface area contributed by atoms with Crippen LogP contribution in [0.1, 0.15) is 38.4 Å². The van der Waals surface area contributed by atoms with Crippen LogP contribution < -0.4 is 10.1 Å². The number of halogens is 1. The highest BCUT2D eigenvalue weighted by atomic mass is 35.5. The zero-order valence-electron chi connectivity index (χ0n) is 19.3. The minimum absolute atomic E-state index is 0.228. The number of nitrogens with zero attached hydrogens (tertiary/aromatic N) is 8. The summed E-state index contributed by atoms with van der Waals surface area (Å²) in [6, 6.07) is 2.32. The van der Waals surface area contributed by atoms with E-state index < -0.39 is 5.60 Å². The Labute approximate surface area is 204 Å². The Morgan fingerprint density at radius 3 is 2.91 bits per heavy atom. The van der Waals surface area contributed by atoms with Gasteiger partial charge >= 0.3 is 0 Å². The largest absolute Gasteiger partial charge is 0.450 e. The van der Waals surface area contributed by atoms with Crippen molar-refractivity contribution < 1.29 is 9.47 Å². The molecule has 0 unspecified atom stereocenters. The highest BCUT2D eigenvalue weighted by molar-refractivity contribution is 6.36. The second-order valence-corrected chi connectivity index (χ2v) is 9.79. The number of imidazole rings is 1. The molecule has 2 aliphatic rings. The monoisotopic (exact) mass is 491 g/mol. The third-order valence-electron chi connectivity index (χ3n) is 6.84. The third kappa shape index (κ3) is 3.04. The van der Waals surface area contributed by atoms with E-state index in [0.29, 0.717) is 45.5 Å². The van der Waals surface area contributed by atoms with Crippen LogP contribution in [0.3, 0.4) is 0 Å². The SMILES string of the molecule is Cn1c(Nc2cc3n(n2)[C@@H]2CC[C@H]2OC3(C)C)nc2ncc(Oc3cnn4ccncc34)c(Cl)c21. The molecule has 0 aromatic carbocycles. The van der Waals surface area contributed by atoms with Gasteiger partial charge in [0, 0.05) is 25.5 Å². The lowest BCUT2D eigenvalue weighted by atomic mass is 9.85. The fraction of sp³-hybridized carbons (Fsp3) is 0.348. The van der Waals surface area contributed by atoms with Crippen LogP contribution in [0.4, 0.5) is 11.8 Å². The van der Waals surface area contributed by atoms with Crippen LogP contribution in [0.25, 0.3) is 16.7 Å². The van der Waals surface area contributed by atoms with Gasteiger partial charge in [0.15, 0.2) is 23.0 Å². The Hall–Kier alpha value is -3.70. The van der Waals surface area contributed by atoms with Crippen molar-refractivity contribution in [3.05, 3.63) is 47.8 Å². The predicted octanol–water partition coefficient (Wildman–Crippen LogP) is 4.37. The Morgan fingerprint density at radius 1 is 1.20 bits per heavy atom. The average Bonchev–Trinajstić information content (AvgIpc) is 3.50. The van der Waals surface area contributed by atoms with E-state index in [4.69, 9.17) is 26.2 Å². The maximum atomic E-state index is 6.76. The Kier molecular flexibility index (Phi) is 4.22. The summed E-state index contributed by atoms with van der Waals surface area (Å²) in [6.07, 6.45) is 10.6. The highest BCUT2D eigenvalue weighted by Crippen LogP contribution is 2.46. The van der Waals surface area contributed by atoms with E-state index in [-0.39, 0.29) is 6.10 Å². The van der Waals surface area contributed by atoms with E-state index >= 15 is 0 Å². The first-order chi connectivity index (χ1) is 16.9. The molecule has 5 aromatic heterocycles. The Morgan fingerprint density at radius 2 is 2.09 bits per heavy atom. The number of hydrogen-bond donors (Lipinski definition) is 1. The number of fused-ring (bicyclic) bond motifs is 5. The van der Waals surface area contributed by atoms with Gasteiger partial charge in [-0.3, -0.25) is 9.67 Å². The molecule has 11 nitrogen and oxygen atoms in total. The molecule has 2 atom stereocenters. The molecule has 0 saturated heterocycles. The van der Waals surface area contributed by atoms with Gasteiger partial charge in [-0.1, -0.05) is 11.6 Å². The fourth-order valence-electron chi connectivity index (χ4n) is 4.89. The quantitative estimate of drug-likeness (QED) is 0.395. The number of nitrogens with one attached hydrogen (secondary N) is 1. The van der Waals surface area contributed by atoms with Crippen LogP contribution in [0.2, 0.25) is 5.02 Å². The summed E-state index contributed by atoms with van der Waals surface area (Å²) in [4.78, 5) is 13.3. The smallest absolute Gasteiger partial charge is 0.210 e. The summed E-state index contributed by atoms with van der Waals surface area (Å²) >= 11 is 6.76. The Bertz CT molecular complexity index is 1620. The maximum Gasteiger partial charge on any atom is 0.210 e. The number of pyridine rings is 1. The summed E-state index contributed by atoms with van der Waals surface area (Å²) < 4.78 is 18.0. The number of ether oxygens (including phenoxy) is 2. The average molecular weight is 492 g/mol. The predicted molar refractivity (Wildman–Crippen MR) is 128 cm³/mol. The Balaban J connectivity index is 1.23. The first kappa shape index (κ1) is 20.7. The normalized spacial score (nSPS) is 20.5. The molecule has 5 aromatic rings. The summed E-state index contributed by atoms with van der Waals surface area (Å²) in [5, 5.41) is 12.8. The van der Waals surface area contributed by atoms with Crippen molar-refractivity contribution >= 4 is 40.0 Å². The van der Waals surface area contributed by atoms with E-state index in [9.17, 15) is 0 Å². The van der Waals surface area contributed by atoms with Crippen LogP contribution in [-0.4, -0.2) is 45.0 Å². The molecule has 1 aliphatic heterocycles. The summed E-state index contributed by atoms with van der Waals surface area (Å²) in [7, 11) is 1.87. The number of rotatable bonds is 4. The van der Waals surface area contributed by atoms with Crippen molar-refractivity contribution in [1.82, 2.24) is 38.9 Å². The second kappa shape index (κ2) is 7.15. The van der Waals surface area contributed by atoms with E-state index in [0.717, 1.165) is 24.1 Å². The zero-order chi connectivity index (χ0) is 23.9. The molecule has 1 saturated carbocycles. The van der Waals surface area contributed by atoms with E-state index in [1.54, 1.807) is 35.5 Å². The third-order valence-corrected chi connectivity index (χ3v) is 7.21. The highest BCUT2D eigenvalue weighted by Gasteiger charge is 2.46. The van der Waals surface area contributed by atoms with Crippen LogP contribution in [0.15, 0.2) is 37.1 Å². The van der Waals surface area contributed by atoms with Crippen molar-refractivity contribution in [3.63, 3.8) is 0 Å². The first-order valence-electron chi connectivity index (χ1n) is 11.4. The molecule has 6 heterocycles. The number of hydrogen-bond acceptors (Lipinski definition) is 8. The van der Waals surface area contributed by atoms with Crippen LogP contribution >= 0.6 is 11.6 Å². The second-order valence-electron chi connectivity index (χ2n) is 9.42. The topological polar surface area (TPSA) is 109 Å². The van der Waals surface area contributed by atoms with Crippen LogP contribution in [0, 0.1) is 0 Å². The molecular formula is C23H22ClN9O2. The van der Waals surface area contributed by atoms with Crippen LogP contribution in [0.5, 0.6) is 11.5 Å². The van der Waals surface area contributed by atoms with Crippen molar-refractivity contribution in [2.75, 3.05) is 5.32 Å². The molecule has 1 N–H and O–H groups in total. The molecular weight excluding hydrogens is 470 g/mol. The molecule has 0 bridgehead atoms. The first-order valence-corrected chi connectivity index (χ1v) is 11.8. The van der Waals surface area contributed by atoms with Crippen molar-refractivity contribution in [2.45, 2.75) is 44.4 Å². The molecule has 1 aliphatic carbocycles. The van der Waals surface area contributed by atoms with Gasteiger partial charge in [-0.05, 0) is 26.7 Å². The standard InChI is InChI=1S/C23H22ClN9O2/c1-23(2)17-8-18(30-33(17)12-4-5-14(12)35-23)28-22-29-21-20(31(22)3)19(24)16(10-26-21)34-15-11-27-32-7-6-25-9-13(15)32/h6-12,14H,4-5H2,1-3H3,(H,26,28,29,30)/t12-,14-/m1/s1. The molecule has 12 heteroatoms. The molecule has 35 heavy (non-hydrogen) atoms. The van der Waals surface area contributed by atoms with Gasteiger partial charge < -0.3 is 19.4 Å². The molecule has 1 fully saturated rings. The van der Waals surface area contributed by atoms with Gasteiger partial charge in [0.25, 0.3) is 0 Å². The molecule has 0 radical (unpaired) electrons. The number of anilines is 2.